The maximum Gasteiger partial charge on any atom is 0.322 e. The van der Waals surface area contributed by atoms with Crippen molar-refractivity contribution in [2.75, 3.05) is 18.1 Å². The zero-order chi connectivity index (χ0) is 28.4. The average Bonchev–Trinajstić information content (AvgIpc) is 2.88. The van der Waals surface area contributed by atoms with Gasteiger partial charge < -0.3 is 26.6 Å². The summed E-state index contributed by atoms with van der Waals surface area (Å²) < 4.78 is 0. The van der Waals surface area contributed by atoms with Crippen LogP contribution < -0.4 is 16.4 Å². The summed E-state index contributed by atoms with van der Waals surface area (Å²) in [6.45, 7) is 1.73. The van der Waals surface area contributed by atoms with Crippen LogP contribution >= 0.6 is 11.8 Å². The fourth-order valence-corrected chi connectivity index (χ4v) is 5.14. The van der Waals surface area contributed by atoms with E-state index >= 15 is 0 Å². The average molecular weight is 560 g/mol. The molecule has 38 heavy (non-hydrogen) atoms. The van der Waals surface area contributed by atoms with Crippen LogP contribution in [0.5, 0.6) is 0 Å². The van der Waals surface area contributed by atoms with Gasteiger partial charge in [-0.25, -0.2) is 0 Å². The molecule has 6 N–H and O–H groups in total. The first kappa shape index (κ1) is 36.2. The number of unbranched alkanes of at least 4 members (excludes halogenated alkanes) is 15. The van der Waals surface area contributed by atoms with Gasteiger partial charge in [-0.15, -0.1) is 0 Å². The normalized spacial score (nSPS) is 12.6. The first-order valence-electron chi connectivity index (χ1n) is 14.6. The standard InChI is InChI=1S/C28H53N3O6S/c1-2-3-4-5-6-7-8-9-10-11-12-13-14-15-16-17-20-38-22-24(27(35)30-21-26(33)34)31-25(32)19-18-23(29)28(36)37/h23-24H,2-22,29H2,1H3,(H,30,35)(H,31,32)(H,33,34)(H,36,37). The van der Waals surface area contributed by atoms with Crippen LogP contribution in [0.1, 0.15) is 122 Å². The summed E-state index contributed by atoms with van der Waals surface area (Å²) >= 11 is 1.54. The Kier molecular flexibility index (Phi) is 24.3. The smallest absolute Gasteiger partial charge is 0.322 e. The molecule has 0 radical (unpaired) electrons. The number of hydrogen-bond acceptors (Lipinski definition) is 6. The summed E-state index contributed by atoms with van der Waals surface area (Å²) in [6.07, 6.45) is 20.7. The molecule has 0 spiro atoms. The molecular formula is C28H53N3O6S. The van der Waals surface area contributed by atoms with E-state index in [-0.39, 0.29) is 12.8 Å². The minimum absolute atomic E-state index is 0.0447. The van der Waals surface area contributed by atoms with Gasteiger partial charge in [0.25, 0.3) is 0 Å². The molecule has 0 rings (SSSR count). The highest BCUT2D eigenvalue weighted by Crippen LogP contribution is 2.15. The van der Waals surface area contributed by atoms with Crippen molar-refractivity contribution in [2.24, 2.45) is 5.73 Å². The number of nitrogens with one attached hydrogen (secondary N) is 2. The number of hydrogen-bond donors (Lipinski definition) is 5. The molecule has 0 bridgehead atoms. The van der Waals surface area contributed by atoms with Crippen molar-refractivity contribution >= 4 is 35.5 Å². The number of thioether (sulfide) groups is 1. The lowest BCUT2D eigenvalue weighted by Gasteiger charge is -2.18. The molecule has 0 saturated carbocycles. The van der Waals surface area contributed by atoms with E-state index < -0.39 is 42.4 Å². The van der Waals surface area contributed by atoms with Crippen molar-refractivity contribution in [1.82, 2.24) is 10.6 Å². The largest absolute Gasteiger partial charge is 0.480 e. The Morgan fingerprint density at radius 3 is 1.68 bits per heavy atom. The SMILES string of the molecule is CCCCCCCCCCCCCCCCCCSCC(NC(=O)CCC(N)C(=O)O)C(=O)NCC(=O)O. The molecule has 0 heterocycles. The van der Waals surface area contributed by atoms with Crippen molar-refractivity contribution in [3.63, 3.8) is 0 Å². The molecule has 0 aliphatic heterocycles. The van der Waals surface area contributed by atoms with Crippen LogP contribution in [0.4, 0.5) is 0 Å². The Labute approximate surface area is 233 Å². The van der Waals surface area contributed by atoms with E-state index in [0.717, 1.165) is 18.6 Å². The lowest BCUT2D eigenvalue weighted by Crippen LogP contribution is -2.49. The van der Waals surface area contributed by atoms with Gasteiger partial charge in [0, 0.05) is 12.2 Å². The van der Waals surface area contributed by atoms with E-state index in [1.54, 1.807) is 0 Å². The molecule has 10 heteroatoms. The van der Waals surface area contributed by atoms with E-state index in [0.29, 0.717) is 5.75 Å². The highest BCUT2D eigenvalue weighted by Gasteiger charge is 2.22. The van der Waals surface area contributed by atoms with Crippen LogP contribution in [0.3, 0.4) is 0 Å². The van der Waals surface area contributed by atoms with E-state index in [2.05, 4.69) is 17.6 Å². The minimum Gasteiger partial charge on any atom is -0.480 e. The Morgan fingerprint density at radius 1 is 0.763 bits per heavy atom. The molecule has 0 saturated heterocycles. The third-order valence-corrected chi connectivity index (χ3v) is 7.64. The van der Waals surface area contributed by atoms with Crippen LogP contribution in [-0.2, 0) is 19.2 Å². The predicted octanol–water partition coefficient (Wildman–Crippen LogP) is 4.86. The lowest BCUT2D eigenvalue weighted by atomic mass is 10.0. The van der Waals surface area contributed by atoms with Crippen LogP contribution in [0.25, 0.3) is 0 Å². The molecule has 2 unspecified atom stereocenters. The summed E-state index contributed by atoms with van der Waals surface area (Å²) in [7, 11) is 0. The summed E-state index contributed by atoms with van der Waals surface area (Å²) in [4.78, 5) is 46.0. The summed E-state index contributed by atoms with van der Waals surface area (Å²) in [6, 6.07) is -2.03. The topological polar surface area (TPSA) is 159 Å². The monoisotopic (exact) mass is 559 g/mol. The van der Waals surface area contributed by atoms with E-state index in [1.807, 2.05) is 0 Å². The van der Waals surface area contributed by atoms with Crippen molar-refractivity contribution in [3.05, 3.63) is 0 Å². The van der Waals surface area contributed by atoms with Gasteiger partial charge in [0.15, 0.2) is 0 Å². The highest BCUT2D eigenvalue weighted by molar-refractivity contribution is 7.99. The van der Waals surface area contributed by atoms with E-state index in [1.165, 1.54) is 102 Å². The number of carboxylic acids is 2. The number of carboxylic acid groups (broad SMARTS) is 2. The zero-order valence-corrected chi connectivity index (χ0v) is 24.3. The van der Waals surface area contributed by atoms with Gasteiger partial charge >= 0.3 is 11.9 Å². The third-order valence-electron chi connectivity index (χ3n) is 6.49. The predicted molar refractivity (Wildman–Crippen MR) is 154 cm³/mol. The van der Waals surface area contributed by atoms with Gasteiger partial charge in [-0.2, -0.15) is 11.8 Å². The summed E-state index contributed by atoms with van der Waals surface area (Å²) in [5.41, 5.74) is 5.42. The Morgan fingerprint density at radius 2 is 1.24 bits per heavy atom. The Balaban J connectivity index is 3.90. The maximum atomic E-state index is 12.3. The van der Waals surface area contributed by atoms with Crippen LogP contribution in [0.15, 0.2) is 0 Å². The molecule has 2 amide bonds. The van der Waals surface area contributed by atoms with E-state index in [4.69, 9.17) is 15.9 Å². The number of carbonyl (C=O) groups is 4. The molecule has 9 nitrogen and oxygen atoms in total. The summed E-state index contributed by atoms with van der Waals surface area (Å²) in [5.74, 6) is -2.25. The van der Waals surface area contributed by atoms with Gasteiger partial charge in [-0.05, 0) is 18.6 Å². The zero-order valence-electron chi connectivity index (χ0n) is 23.5. The van der Waals surface area contributed by atoms with Crippen LogP contribution in [0, 0.1) is 0 Å². The highest BCUT2D eigenvalue weighted by atomic mass is 32.2. The molecule has 0 aromatic rings. The van der Waals surface area contributed by atoms with Crippen molar-refractivity contribution < 1.29 is 29.4 Å². The third kappa shape index (κ3) is 23.3. The van der Waals surface area contributed by atoms with Gasteiger partial charge in [0.05, 0.1) is 0 Å². The number of nitrogens with two attached hydrogens (primary N) is 1. The van der Waals surface area contributed by atoms with Gasteiger partial charge in [-0.3, -0.25) is 19.2 Å². The summed E-state index contributed by atoms with van der Waals surface area (Å²) in [5, 5.41) is 22.5. The van der Waals surface area contributed by atoms with Crippen LogP contribution in [-0.4, -0.2) is 64.1 Å². The van der Waals surface area contributed by atoms with Crippen molar-refractivity contribution in [1.29, 1.82) is 0 Å². The molecule has 0 fully saturated rings. The Bertz CT molecular complexity index is 650. The number of rotatable bonds is 27. The number of carbonyl (C=O) groups excluding carboxylic acids is 2. The fraction of sp³-hybridized carbons (Fsp3) is 0.857. The fourth-order valence-electron chi connectivity index (χ4n) is 4.10. The second-order valence-electron chi connectivity index (χ2n) is 10.1. The molecule has 0 aromatic heterocycles. The minimum atomic E-state index is -1.19. The molecule has 0 aliphatic rings. The Hall–Kier alpha value is -1.81. The first-order valence-corrected chi connectivity index (χ1v) is 15.8. The molecule has 2 atom stereocenters. The molecular weight excluding hydrogens is 506 g/mol. The van der Waals surface area contributed by atoms with Gasteiger partial charge in [0.1, 0.15) is 18.6 Å². The van der Waals surface area contributed by atoms with E-state index in [9.17, 15) is 19.2 Å². The second-order valence-corrected chi connectivity index (χ2v) is 11.2. The number of aliphatic carboxylic acids is 2. The van der Waals surface area contributed by atoms with Crippen molar-refractivity contribution in [3.8, 4) is 0 Å². The lowest BCUT2D eigenvalue weighted by molar-refractivity contribution is -0.139. The second kappa shape index (κ2) is 25.5. The first-order chi connectivity index (χ1) is 18.3. The molecule has 0 aromatic carbocycles. The van der Waals surface area contributed by atoms with Crippen molar-refractivity contribution in [2.45, 2.75) is 135 Å². The quantitative estimate of drug-likeness (QED) is 0.0892. The van der Waals surface area contributed by atoms with Gasteiger partial charge in [-0.1, -0.05) is 103 Å². The molecule has 0 aliphatic carbocycles. The van der Waals surface area contributed by atoms with Gasteiger partial charge in [0.2, 0.25) is 11.8 Å². The molecule has 222 valence electrons. The number of amides is 2. The van der Waals surface area contributed by atoms with Crippen LogP contribution in [0.2, 0.25) is 0 Å². The maximum absolute atomic E-state index is 12.3.